The van der Waals surface area contributed by atoms with E-state index in [4.69, 9.17) is 11.6 Å². The van der Waals surface area contributed by atoms with Gasteiger partial charge in [-0.2, -0.15) is 0 Å². The zero-order valence-corrected chi connectivity index (χ0v) is 11.9. The molecule has 0 radical (unpaired) electrons. The molecule has 1 fully saturated rings. The Kier molecular flexibility index (Phi) is 4.66. The summed E-state index contributed by atoms with van der Waals surface area (Å²) in [5, 5.41) is -0.398. The lowest BCUT2D eigenvalue weighted by atomic mass is 9.78. The maximum atomic E-state index is 11.9. The van der Waals surface area contributed by atoms with E-state index in [2.05, 4.69) is 11.6 Å². The van der Waals surface area contributed by atoms with Gasteiger partial charge >= 0.3 is 0 Å². The molecule has 0 aromatic heterocycles. The van der Waals surface area contributed by atoms with E-state index in [1.165, 1.54) is 6.42 Å². The molecule has 1 aliphatic carbocycles. The minimum atomic E-state index is -3.23. The Bertz CT molecular complexity index is 329. The van der Waals surface area contributed by atoms with E-state index in [-0.39, 0.29) is 0 Å². The van der Waals surface area contributed by atoms with Crippen LogP contribution in [0.1, 0.15) is 46.5 Å². The highest BCUT2D eigenvalue weighted by Gasteiger charge is 2.38. The van der Waals surface area contributed by atoms with Gasteiger partial charge in [0.15, 0.2) is 0 Å². The van der Waals surface area contributed by atoms with Gasteiger partial charge in [-0.3, -0.25) is 0 Å². The van der Waals surface area contributed by atoms with Crippen LogP contribution in [0.4, 0.5) is 0 Å². The number of halogens is 1. The van der Waals surface area contributed by atoms with Crippen molar-refractivity contribution < 1.29 is 8.42 Å². The highest BCUT2D eigenvalue weighted by Crippen LogP contribution is 2.34. The molecule has 0 spiro atoms. The minimum Gasteiger partial charge on any atom is -0.212 e. The molecule has 0 aromatic carbocycles. The van der Waals surface area contributed by atoms with Gasteiger partial charge in [-0.05, 0) is 32.6 Å². The van der Waals surface area contributed by atoms with E-state index < -0.39 is 20.8 Å². The lowest BCUT2D eigenvalue weighted by molar-refractivity contribution is 0.238. The Hall–Kier alpha value is 0.200. The molecular formula is C11H22ClNO2S. The number of sulfonamides is 1. The summed E-state index contributed by atoms with van der Waals surface area (Å²) in [6.45, 7) is 5.54. The van der Waals surface area contributed by atoms with Crippen LogP contribution in [0.15, 0.2) is 0 Å². The average Bonchev–Trinajstić information content (AvgIpc) is 2.16. The van der Waals surface area contributed by atoms with E-state index in [0.29, 0.717) is 11.8 Å². The van der Waals surface area contributed by atoms with Crippen LogP contribution in [-0.4, -0.2) is 25.1 Å². The fourth-order valence-corrected chi connectivity index (χ4v) is 3.81. The van der Waals surface area contributed by atoms with Gasteiger partial charge in [0.2, 0.25) is 10.0 Å². The average molecular weight is 268 g/mol. The summed E-state index contributed by atoms with van der Waals surface area (Å²) in [4.78, 5) is 0. The van der Waals surface area contributed by atoms with Gasteiger partial charge in [-0.25, -0.2) is 13.1 Å². The highest BCUT2D eigenvalue weighted by molar-refractivity contribution is 7.90. The van der Waals surface area contributed by atoms with Crippen molar-refractivity contribution in [3.63, 3.8) is 0 Å². The molecule has 1 rings (SSSR count). The van der Waals surface area contributed by atoms with E-state index in [9.17, 15) is 8.42 Å². The van der Waals surface area contributed by atoms with Crippen molar-refractivity contribution in [3.05, 3.63) is 0 Å². The lowest BCUT2D eigenvalue weighted by Crippen LogP contribution is -2.54. The summed E-state index contributed by atoms with van der Waals surface area (Å²) in [5.41, 5.74) is -0.414. The van der Waals surface area contributed by atoms with Crippen LogP contribution in [-0.2, 0) is 10.0 Å². The quantitative estimate of drug-likeness (QED) is 0.796. The Balaban J connectivity index is 2.82. The molecule has 0 bridgehead atoms. The van der Waals surface area contributed by atoms with Crippen LogP contribution in [0.5, 0.6) is 0 Å². The molecule has 1 aliphatic rings. The summed E-state index contributed by atoms with van der Waals surface area (Å²) in [6, 6.07) is 0. The van der Waals surface area contributed by atoms with Crippen molar-refractivity contribution >= 4 is 21.6 Å². The molecule has 2 atom stereocenters. The normalized spacial score (nSPS) is 31.9. The van der Waals surface area contributed by atoms with Crippen LogP contribution in [0.25, 0.3) is 0 Å². The van der Waals surface area contributed by atoms with Gasteiger partial charge in [0.25, 0.3) is 0 Å². The summed E-state index contributed by atoms with van der Waals surface area (Å²) in [7, 11) is -3.23. The molecule has 0 heterocycles. The van der Waals surface area contributed by atoms with Crippen LogP contribution in [0, 0.1) is 5.92 Å². The highest BCUT2D eigenvalue weighted by atomic mass is 35.5. The van der Waals surface area contributed by atoms with Gasteiger partial charge in [0.05, 0.1) is 5.25 Å². The first-order valence-electron chi connectivity index (χ1n) is 5.90. The monoisotopic (exact) mass is 267 g/mol. The van der Waals surface area contributed by atoms with Gasteiger partial charge in [-0.15, -0.1) is 11.6 Å². The largest absolute Gasteiger partial charge is 0.214 e. The van der Waals surface area contributed by atoms with Crippen molar-refractivity contribution in [1.82, 2.24) is 4.72 Å². The van der Waals surface area contributed by atoms with Crippen molar-refractivity contribution in [1.29, 1.82) is 0 Å². The standard InChI is InChI=1S/C11H22ClNO2S/c1-9(2)16(14,15)13-11(8-12)6-4-5-10(3)7-11/h9-10,13H,4-8H2,1-3H3. The summed E-state index contributed by atoms with van der Waals surface area (Å²) in [5.74, 6) is 0.908. The van der Waals surface area contributed by atoms with Crippen LogP contribution >= 0.6 is 11.6 Å². The zero-order valence-electron chi connectivity index (χ0n) is 10.3. The third-order valence-electron chi connectivity index (χ3n) is 3.33. The predicted octanol–water partition coefficient (Wildman–Crippen LogP) is 2.50. The smallest absolute Gasteiger partial charge is 0.212 e. The third kappa shape index (κ3) is 3.34. The van der Waals surface area contributed by atoms with Gasteiger partial charge in [0, 0.05) is 11.4 Å². The second-order valence-corrected chi connectivity index (χ2v) is 7.82. The third-order valence-corrected chi connectivity index (χ3v) is 5.80. The van der Waals surface area contributed by atoms with Crippen LogP contribution in [0.3, 0.4) is 0 Å². The number of alkyl halides is 1. The second-order valence-electron chi connectivity index (χ2n) is 5.31. The second kappa shape index (κ2) is 5.23. The molecule has 1 saturated carbocycles. The predicted molar refractivity (Wildman–Crippen MR) is 68.3 cm³/mol. The molecule has 5 heteroatoms. The first-order chi connectivity index (χ1) is 7.31. The molecular weight excluding hydrogens is 246 g/mol. The molecule has 0 saturated heterocycles. The Labute approximate surface area is 104 Å². The van der Waals surface area contributed by atoms with Crippen molar-refractivity contribution in [2.24, 2.45) is 5.92 Å². The topological polar surface area (TPSA) is 46.2 Å². The Morgan fingerprint density at radius 2 is 2.12 bits per heavy atom. The Morgan fingerprint density at radius 3 is 2.56 bits per heavy atom. The number of hydrogen-bond acceptors (Lipinski definition) is 2. The molecule has 0 aromatic rings. The van der Waals surface area contributed by atoms with Gasteiger partial charge in [-0.1, -0.05) is 19.8 Å². The molecule has 96 valence electrons. The first-order valence-corrected chi connectivity index (χ1v) is 7.98. The van der Waals surface area contributed by atoms with E-state index >= 15 is 0 Å². The number of hydrogen-bond donors (Lipinski definition) is 1. The van der Waals surface area contributed by atoms with Crippen LogP contribution in [0.2, 0.25) is 0 Å². The summed E-state index contributed by atoms with van der Waals surface area (Å²) in [6.07, 6.45) is 3.92. The lowest BCUT2D eigenvalue weighted by Gasteiger charge is -2.39. The minimum absolute atomic E-state index is 0.364. The van der Waals surface area contributed by atoms with Crippen molar-refractivity contribution in [3.8, 4) is 0 Å². The SMILES string of the molecule is CC1CCCC(CCl)(NS(=O)(=O)C(C)C)C1. The molecule has 2 unspecified atom stereocenters. The summed E-state index contributed by atoms with van der Waals surface area (Å²) < 4.78 is 26.6. The molecule has 0 aliphatic heterocycles. The maximum absolute atomic E-state index is 11.9. The first kappa shape index (κ1) is 14.3. The zero-order chi connectivity index (χ0) is 12.4. The molecule has 0 amide bonds. The van der Waals surface area contributed by atoms with Gasteiger partial charge < -0.3 is 0 Å². The summed E-state index contributed by atoms with van der Waals surface area (Å²) >= 11 is 5.99. The molecule has 16 heavy (non-hydrogen) atoms. The molecule has 3 nitrogen and oxygen atoms in total. The molecule has 1 N–H and O–H groups in total. The van der Waals surface area contributed by atoms with Gasteiger partial charge in [0.1, 0.15) is 0 Å². The van der Waals surface area contributed by atoms with E-state index in [1.54, 1.807) is 13.8 Å². The Morgan fingerprint density at radius 1 is 1.50 bits per heavy atom. The number of nitrogens with one attached hydrogen (secondary N) is 1. The van der Waals surface area contributed by atoms with Crippen LogP contribution < -0.4 is 4.72 Å². The van der Waals surface area contributed by atoms with Crippen molar-refractivity contribution in [2.75, 3.05) is 5.88 Å². The fraction of sp³-hybridized carbons (Fsp3) is 1.00. The van der Waals surface area contributed by atoms with E-state index in [1.807, 2.05) is 0 Å². The maximum Gasteiger partial charge on any atom is 0.214 e. The number of rotatable bonds is 4. The van der Waals surface area contributed by atoms with E-state index in [0.717, 1.165) is 19.3 Å². The van der Waals surface area contributed by atoms with Crippen molar-refractivity contribution in [2.45, 2.75) is 57.2 Å². The fourth-order valence-electron chi connectivity index (χ4n) is 2.32.